The second kappa shape index (κ2) is 5.91. The highest BCUT2D eigenvalue weighted by molar-refractivity contribution is 7.86. The van der Waals surface area contributed by atoms with Gasteiger partial charge in [-0.05, 0) is 0 Å². The van der Waals surface area contributed by atoms with E-state index in [-0.39, 0.29) is 32.0 Å². The van der Waals surface area contributed by atoms with Gasteiger partial charge < -0.3 is 10.5 Å². The topological polar surface area (TPSA) is 122 Å². The third-order valence-electron chi connectivity index (χ3n) is 1.54. The molecule has 14 heavy (non-hydrogen) atoms. The van der Waals surface area contributed by atoms with Gasteiger partial charge in [-0.25, -0.2) is 5.14 Å². The molecule has 0 aliphatic heterocycles. The quantitative estimate of drug-likeness (QED) is 0.358. The van der Waals surface area contributed by atoms with Crippen molar-refractivity contribution in [2.24, 2.45) is 10.9 Å². The van der Waals surface area contributed by atoms with E-state index in [1.54, 1.807) is 0 Å². The van der Waals surface area contributed by atoms with E-state index in [9.17, 15) is 8.42 Å². The summed E-state index contributed by atoms with van der Waals surface area (Å²) in [5, 5.41) is 11.9. The number of nitrogens with one attached hydrogen (secondary N) is 1. The van der Waals surface area contributed by atoms with Crippen molar-refractivity contribution in [2.45, 2.75) is 6.42 Å². The van der Waals surface area contributed by atoms with Gasteiger partial charge in [-0.3, -0.25) is 5.41 Å². The van der Waals surface area contributed by atoms with Crippen LogP contribution >= 0.6 is 0 Å². The first-order chi connectivity index (χ1) is 6.38. The summed E-state index contributed by atoms with van der Waals surface area (Å²) < 4.78 is 27.7. The van der Waals surface area contributed by atoms with Gasteiger partial charge in [0.05, 0.1) is 12.4 Å². The summed E-state index contributed by atoms with van der Waals surface area (Å²) in [6.45, 7) is 0.536. The third-order valence-corrected chi connectivity index (χ3v) is 2.62. The van der Waals surface area contributed by atoms with Gasteiger partial charge in [0.1, 0.15) is 0 Å². The van der Waals surface area contributed by atoms with Crippen molar-refractivity contribution < 1.29 is 13.2 Å². The standard InChI is InChI=1S/C6H16N4O3S/c1-13-5-4-10(14(9,11)12)3-2-6(7)8/h2-5H2,1H3,(H3,7,8)(H2,9,11,12). The first-order valence-electron chi connectivity index (χ1n) is 3.97. The fourth-order valence-electron chi connectivity index (χ4n) is 0.805. The molecule has 8 heteroatoms. The molecule has 0 radical (unpaired) electrons. The first-order valence-corrected chi connectivity index (χ1v) is 5.48. The molecule has 7 nitrogen and oxygen atoms in total. The maximum Gasteiger partial charge on any atom is 0.276 e. The van der Waals surface area contributed by atoms with Crippen molar-refractivity contribution in [3.63, 3.8) is 0 Å². The Morgan fingerprint density at radius 1 is 1.50 bits per heavy atom. The van der Waals surface area contributed by atoms with E-state index in [4.69, 9.17) is 21.0 Å². The summed E-state index contributed by atoms with van der Waals surface area (Å²) in [6, 6.07) is 0. The molecule has 0 aromatic carbocycles. The number of hydrogen-bond donors (Lipinski definition) is 3. The lowest BCUT2D eigenvalue weighted by Crippen LogP contribution is -2.40. The van der Waals surface area contributed by atoms with Crippen molar-refractivity contribution >= 4 is 16.0 Å². The highest BCUT2D eigenvalue weighted by Crippen LogP contribution is 1.96. The Kier molecular flexibility index (Phi) is 5.62. The minimum Gasteiger partial charge on any atom is -0.388 e. The largest absolute Gasteiger partial charge is 0.388 e. The van der Waals surface area contributed by atoms with Crippen molar-refractivity contribution in [2.75, 3.05) is 26.8 Å². The molecule has 0 aromatic rings. The van der Waals surface area contributed by atoms with Crippen LogP contribution in [0.1, 0.15) is 6.42 Å². The zero-order chi connectivity index (χ0) is 11.2. The predicted molar refractivity (Wildman–Crippen MR) is 53.1 cm³/mol. The first kappa shape index (κ1) is 13.3. The molecule has 0 heterocycles. The van der Waals surface area contributed by atoms with Crippen LogP contribution in [0.2, 0.25) is 0 Å². The van der Waals surface area contributed by atoms with E-state index in [1.807, 2.05) is 0 Å². The molecule has 0 aromatic heterocycles. The fraction of sp³-hybridized carbons (Fsp3) is 0.833. The number of nitrogens with zero attached hydrogens (tertiary/aromatic N) is 1. The smallest absolute Gasteiger partial charge is 0.276 e. The Hall–Kier alpha value is -0.700. The Bertz CT molecular complexity index is 277. The minimum atomic E-state index is -3.73. The molecule has 0 saturated heterocycles. The highest BCUT2D eigenvalue weighted by atomic mass is 32.2. The summed E-state index contributed by atoms with van der Waals surface area (Å²) in [5.41, 5.74) is 5.10. The fourth-order valence-corrected chi connectivity index (χ4v) is 1.48. The predicted octanol–water partition coefficient (Wildman–Crippen LogP) is -1.54. The average Bonchev–Trinajstić information content (AvgIpc) is 2.01. The number of rotatable bonds is 7. The minimum absolute atomic E-state index is 0.0731. The van der Waals surface area contributed by atoms with Gasteiger partial charge >= 0.3 is 0 Å². The monoisotopic (exact) mass is 224 g/mol. The normalized spacial score (nSPS) is 11.9. The van der Waals surface area contributed by atoms with E-state index in [0.29, 0.717) is 0 Å². The molecule has 5 N–H and O–H groups in total. The lowest BCUT2D eigenvalue weighted by atomic mass is 10.4. The van der Waals surface area contributed by atoms with Crippen LogP contribution in [0.5, 0.6) is 0 Å². The van der Waals surface area contributed by atoms with Gasteiger partial charge in [0, 0.05) is 26.6 Å². The summed E-state index contributed by atoms with van der Waals surface area (Å²) in [4.78, 5) is 0. The van der Waals surface area contributed by atoms with E-state index >= 15 is 0 Å². The maximum atomic E-state index is 11.0. The van der Waals surface area contributed by atoms with Gasteiger partial charge in [-0.1, -0.05) is 0 Å². The van der Waals surface area contributed by atoms with Crippen molar-refractivity contribution in [3.8, 4) is 0 Å². The number of nitrogens with two attached hydrogens (primary N) is 2. The van der Waals surface area contributed by atoms with E-state index < -0.39 is 10.2 Å². The zero-order valence-corrected chi connectivity index (χ0v) is 8.88. The molecular formula is C6H16N4O3S. The van der Waals surface area contributed by atoms with Crippen molar-refractivity contribution in [1.82, 2.24) is 4.31 Å². The Morgan fingerprint density at radius 3 is 2.43 bits per heavy atom. The van der Waals surface area contributed by atoms with E-state index in [0.717, 1.165) is 4.31 Å². The molecule has 0 atom stereocenters. The van der Waals surface area contributed by atoms with Crippen molar-refractivity contribution in [1.29, 1.82) is 5.41 Å². The van der Waals surface area contributed by atoms with Crippen LogP contribution in [-0.2, 0) is 14.9 Å². The van der Waals surface area contributed by atoms with Gasteiger partial charge in [0.2, 0.25) is 0 Å². The van der Waals surface area contributed by atoms with E-state index in [1.165, 1.54) is 7.11 Å². The Labute approximate surface area is 83.7 Å². The SMILES string of the molecule is COCCN(CCC(=N)N)S(N)(=O)=O. The van der Waals surface area contributed by atoms with Crippen LogP contribution in [0.15, 0.2) is 0 Å². The number of methoxy groups -OCH3 is 1. The molecule has 0 amide bonds. The molecule has 0 saturated carbocycles. The maximum absolute atomic E-state index is 11.0. The van der Waals surface area contributed by atoms with E-state index in [2.05, 4.69) is 0 Å². The summed E-state index contributed by atoms with van der Waals surface area (Å²) in [6.07, 6.45) is 0.167. The molecule has 0 bridgehead atoms. The Balaban J connectivity index is 4.19. The summed E-state index contributed by atoms with van der Waals surface area (Å²) in [7, 11) is -2.27. The van der Waals surface area contributed by atoms with Crippen LogP contribution in [0.4, 0.5) is 0 Å². The van der Waals surface area contributed by atoms with Crippen LogP contribution in [-0.4, -0.2) is 45.4 Å². The summed E-state index contributed by atoms with van der Waals surface area (Å²) in [5.74, 6) is -0.0731. The van der Waals surface area contributed by atoms with Crippen LogP contribution in [0, 0.1) is 5.41 Å². The highest BCUT2D eigenvalue weighted by Gasteiger charge is 2.16. The molecular weight excluding hydrogens is 208 g/mol. The van der Waals surface area contributed by atoms with Gasteiger partial charge in [0.15, 0.2) is 0 Å². The average molecular weight is 224 g/mol. The van der Waals surface area contributed by atoms with Crippen LogP contribution < -0.4 is 10.9 Å². The lowest BCUT2D eigenvalue weighted by molar-refractivity contribution is 0.179. The van der Waals surface area contributed by atoms with Crippen molar-refractivity contribution in [3.05, 3.63) is 0 Å². The molecule has 0 aliphatic carbocycles. The number of ether oxygens (including phenoxy) is 1. The zero-order valence-electron chi connectivity index (χ0n) is 8.06. The lowest BCUT2D eigenvalue weighted by Gasteiger charge is -2.18. The molecule has 84 valence electrons. The number of hydrogen-bond acceptors (Lipinski definition) is 4. The second-order valence-electron chi connectivity index (χ2n) is 2.71. The molecule has 0 fully saturated rings. The Morgan fingerprint density at radius 2 is 2.07 bits per heavy atom. The van der Waals surface area contributed by atoms with Gasteiger partial charge in [0.25, 0.3) is 10.2 Å². The molecule has 0 rings (SSSR count). The van der Waals surface area contributed by atoms with Crippen LogP contribution in [0.25, 0.3) is 0 Å². The molecule has 0 unspecified atom stereocenters. The van der Waals surface area contributed by atoms with Gasteiger partial charge in [-0.2, -0.15) is 12.7 Å². The van der Waals surface area contributed by atoms with Crippen LogP contribution in [0.3, 0.4) is 0 Å². The molecule has 0 spiro atoms. The summed E-state index contributed by atoms with van der Waals surface area (Å²) >= 11 is 0. The number of amidine groups is 1. The second-order valence-corrected chi connectivity index (χ2v) is 4.26. The third kappa shape index (κ3) is 5.86. The van der Waals surface area contributed by atoms with Gasteiger partial charge in [-0.15, -0.1) is 0 Å². The molecule has 0 aliphatic rings.